The Morgan fingerprint density at radius 1 is 1.04 bits per heavy atom. The lowest BCUT2D eigenvalue weighted by Crippen LogP contribution is -2.34. The van der Waals surface area contributed by atoms with Crippen LogP contribution < -0.4 is 10.1 Å². The number of nitrogens with one attached hydrogen (secondary N) is 1. The predicted molar refractivity (Wildman–Crippen MR) is 83.9 cm³/mol. The highest BCUT2D eigenvalue weighted by atomic mass is 16.5. The molecule has 0 aromatic heterocycles. The molecule has 7 nitrogen and oxygen atoms in total. The van der Waals surface area contributed by atoms with Crippen LogP contribution in [0.5, 0.6) is 11.5 Å². The molecule has 0 heterocycles. The van der Waals surface area contributed by atoms with E-state index in [1.165, 1.54) is 37.4 Å². The van der Waals surface area contributed by atoms with Crippen LogP contribution in [0.3, 0.4) is 0 Å². The minimum Gasteiger partial charge on any atom is -0.508 e. The lowest BCUT2D eigenvalue weighted by atomic mass is 10.2. The maximum absolute atomic E-state index is 12.0. The van der Waals surface area contributed by atoms with Crippen LogP contribution in [0.4, 0.5) is 0 Å². The first kappa shape index (κ1) is 17.0. The second-order valence-corrected chi connectivity index (χ2v) is 4.70. The summed E-state index contributed by atoms with van der Waals surface area (Å²) in [6.45, 7) is -0.611. The lowest BCUT2D eigenvalue weighted by molar-refractivity contribution is -0.123. The molecule has 0 aliphatic rings. The van der Waals surface area contributed by atoms with Gasteiger partial charge in [0.05, 0.1) is 18.2 Å². The number of rotatable bonds is 5. The number of methoxy groups -OCH3 is 1. The van der Waals surface area contributed by atoms with Gasteiger partial charge in [0.15, 0.2) is 6.61 Å². The number of amides is 2. The summed E-state index contributed by atoms with van der Waals surface area (Å²) in [7, 11) is 1.41. The highest BCUT2D eigenvalue weighted by molar-refractivity contribution is 6.07. The van der Waals surface area contributed by atoms with Crippen LogP contribution in [-0.4, -0.2) is 36.6 Å². The van der Waals surface area contributed by atoms with Gasteiger partial charge in [-0.25, -0.2) is 4.79 Å². The van der Waals surface area contributed by atoms with Crippen LogP contribution in [0.25, 0.3) is 0 Å². The summed E-state index contributed by atoms with van der Waals surface area (Å²) >= 11 is 0. The van der Waals surface area contributed by atoms with E-state index in [1.54, 1.807) is 18.2 Å². The average Bonchev–Trinajstić information content (AvgIpc) is 2.60. The normalized spacial score (nSPS) is 9.88. The van der Waals surface area contributed by atoms with Crippen LogP contribution in [-0.2, 0) is 9.53 Å². The lowest BCUT2D eigenvalue weighted by Gasteiger charge is -2.08. The van der Waals surface area contributed by atoms with Crippen molar-refractivity contribution in [3.8, 4) is 11.5 Å². The van der Waals surface area contributed by atoms with Gasteiger partial charge < -0.3 is 14.6 Å². The molecule has 124 valence electrons. The van der Waals surface area contributed by atoms with Crippen molar-refractivity contribution >= 4 is 17.8 Å². The third-order valence-electron chi connectivity index (χ3n) is 3.04. The Hall–Kier alpha value is -3.35. The molecule has 0 bridgehead atoms. The Kier molecular flexibility index (Phi) is 5.51. The molecule has 0 saturated heterocycles. The number of esters is 1. The van der Waals surface area contributed by atoms with E-state index in [0.29, 0.717) is 5.75 Å². The number of carbonyl (C=O) groups is 3. The molecule has 0 unspecified atom stereocenters. The van der Waals surface area contributed by atoms with Crippen molar-refractivity contribution in [1.82, 2.24) is 5.32 Å². The monoisotopic (exact) mass is 329 g/mol. The van der Waals surface area contributed by atoms with Gasteiger partial charge in [0.1, 0.15) is 11.5 Å². The van der Waals surface area contributed by atoms with Gasteiger partial charge in [-0.1, -0.05) is 12.1 Å². The van der Waals surface area contributed by atoms with Crippen molar-refractivity contribution in [1.29, 1.82) is 0 Å². The number of para-hydroxylation sites is 1. The van der Waals surface area contributed by atoms with Gasteiger partial charge in [0, 0.05) is 0 Å². The molecule has 2 aromatic carbocycles. The summed E-state index contributed by atoms with van der Waals surface area (Å²) in [5.41, 5.74) is 0.370. The zero-order valence-corrected chi connectivity index (χ0v) is 12.8. The summed E-state index contributed by atoms with van der Waals surface area (Å²) < 4.78 is 9.84. The van der Waals surface area contributed by atoms with E-state index in [-0.39, 0.29) is 16.9 Å². The number of ether oxygens (including phenoxy) is 2. The van der Waals surface area contributed by atoms with Gasteiger partial charge in [-0.15, -0.1) is 0 Å². The molecule has 0 spiro atoms. The van der Waals surface area contributed by atoms with Crippen molar-refractivity contribution < 1.29 is 29.0 Å². The van der Waals surface area contributed by atoms with Gasteiger partial charge >= 0.3 is 5.97 Å². The topological polar surface area (TPSA) is 102 Å². The van der Waals surface area contributed by atoms with Gasteiger partial charge in [0.2, 0.25) is 0 Å². The predicted octanol–water partition coefficient (Wildman–Crippen LogP) is 1.51. The minimum absolute atomic E-state index is 0.00620. The molecule has 0 aliphatic heterocycles. The molecular formula is C17H15NO6. The molecule has 0 saturated carbocycles. The van der Waals surface area contributed by atoms with Crippen molar-refractivity contribution in [3.63, 3.8) is 0 Å². The van der Waals surface area contributed by atoms with Gasteiger partial charge in [-0.2, -0.15) is 0 Å². The zero-order chi connectivity index (χ0) is 17.5. The van der Waals surface area contributed by atoms with Crippen LogP contribution in [0.1, 0.15) is 20.7 Å². The van der Waals surface area contributed by atoms with Crippen LogP contribution >= 0.6 is 0 Å². The summed E-state index contributed by atoms with van der Waals surface area (Å²) in [6.07, 6.45) is 0. The number of phenolic OH excluding ortho intramolecular Hbond substituents is 1. The van der Waals surface area contributed by atoms with Crippen molar-refractivity contribution in [2.45, 2.75) is 0 Å². The summed E-state index contributed by atoms with van der Waals surface area (Å²) in [5.74, 6) is -1.83. The van der Waals surface area contributed by atoms with E-state index in [1.807, 2.05) is 0 Å². The van der Waals surface area contributed by atoms with Gasteiger partial charge in [-0.05, 0) is 36.4 Å². The Bertz CT molecular complexity index is 754. The first-order valence-corrected chi connectivity index (χ1v) is 6.94. The van der Waals surface area contributed by atoms with Crippen molar-refractivity contribution in [3.05, 3.63) is 59.7 Å². The summed E-state index contributed by atoms with van der Waals surface area (Å²) in [5, 5.41) is 11.3. The fourth-order valence-electron chi connectivity index (χ4n) is 1.87. The number of imide groups is 1. The van der Waals surface area contributed by atoms with E-state index in [4.69, 9.17) is 14.6 Å². The maximum atomic E-state index is 12.0. The molecule has 24 heavy (non-hydrogen) atoms. The summed E-state index contributed by atoms with van der Waals surface area (Å²) in [4.78, 5) is 35.5. The fraction of sp³-hybridized carbons (Fsp3) is 0.118. The third-order valence-corrected chi connectivity index (χ3v) is 3.04. The first-order valence-electron chi connectivity index (χ1n) is 6.94. The Morgan fingerprint density at radius 2 is 1.71 bits per heavy atom. The molecule has 0 radical (unpaired) electrons. The second kappa shape index (κ2) is 7.77. The van der Waals surface area contributed by atoms with E-state index in [2.05, 4.69) is 5.32 Å². The number of hydrogen-bond acceptors (Lipinski definition) is 6. The highest BCUT2D eigenvalue weighted by Crippen LogP contribution is 2.16. The van der Waals surface area contributed by atoms with Gasteiger partial charge in [0.25, 0.3) is 11.8 Å². The second-order valence-electron chi connectivity index (χ2n) is 4.70. The molecule has 0 atom stereocenters. The minimum atomic E-state index is -0.766. The van der Waals surface area contributed by atoms with E-state index < -0.39 is 24.4 Å². The van der Waals surface area contributed by atoms with Gasteiger partial charge in [-0.3, -0.25) is 14.9 Å². The smallest absolute Gasteiger partial charge is 0.338 e. The number of hydrogen-bond donors (Lipinski definition) is 2. The van der Waals surface area contributed by atoms with E-state index in [0.717, 1.165) is 0 Å². The number of carbonyl (C=O) groups excluding carboxylic acids is 3. The highest BCUT2D eigenvalue weighted by Gasteiger charge is 2.16. The Morgan fingerprint density at radius 3 is 2.38 bits per heavy atom. The number of benzene rings is 2. The number of aromatic hydroxyl groups is 1. The molecule has 0 aliphatic carbocycles. The Balaban J connectivity index is 1.90. The molecule has 0 fully saturated rings. The molecule has 7 heteroatoms. The third kappa shape index (κ3) is 4.33. The van der Waals surface area contributed by atoms with E-state index >= 15 is 0 Å². The molecular weight excluding hydrogens is 314 g/mol. The maximum Gasteiger partial charge on any atom is 0.338 e. The van der Waals surface area contributed by atoms with E-state index in [9.17, 15) is 14.4 Å². The molecule has 2 aromatic rings. The Labute approximate surface area is 137 Å². The molecule has 2 amide bonds. The van der Waals surface area contributed by atoms with Crippen LogP contribution in [0.2, 0.25) is 0 Å². The molecule has 2 rings (SSSR count). The van der Waals surface area contributed by atoms with Crippen LogP contribution in [0.15, 0.2) is 48.5 Å². The SMILES string of the molecule is COc1ccccc1C(=O)NC(=O)COC(=O)c1ccc(O)cc1. The van der Waals surface area contributed by atoms with Crippen molar-refractivity contribution in [2.24, 2.45) is 0 Å². The largest absolute Gasteiger partial charge is 0.508 e. The standard InChI is InChI=1S/C17H15NO6/c1-23-14-5-3-2-4-13(14)16(21)18-15(20)10-24-17(22)11-6-8-12(19)9-7-11/h2-9,19H,10H2,1H3,(H,18,20,21). The quantitative estimate of drug-likeness (QED) is 0.806. The van der Waals surface area contributed by atoms with Crippen molar-refractivity contribution in [2.75, 3.05) is 13.7 Å². The zero-order valence-electron chi connectivity index (χ0n) is 12.8. The fourth-order valence-corrected chi connectivity index (χ4v) is 1.87. The first-order chi connectivity index (χ1) is 11.5. The summed E-state index contributed by atoms with van der Waals surface area (Å²) in [6, 6.07) is 11.8. The number of phenols is 1. The van der Waals surface area contributed by atoms with Crippen LogP contribution in [0, 0.1) is 0 Å². The average molecular weight is 329 g/mol. The molecule has 2 N–H and O–H groups in total.